The van der Waals surface area contributed by atoms with Gasteiger partial charge in [-0.1, -0.05) is 17.7 Å². The molecule has 1 aromatic heterocycles. The number of ether oxygens (including phenoxy) is 1. The first-order valence-electron chi connectivity index (χ1n) is 8.98. The molecular weight excluding hydrogens is 380 g/mol. The number of carbonyl (C=O) groups excluding carboxylic acids is 2. The third-order valence-electron chi connectivity index (χ3n) is 4.52. The molecule has 0 saturated carbocycles. The highest BCUT2D eigenvalue weighted by Crippen LogP contribution is 2.47. The van der Waals surface area contributed by atoms with Crippen molar-refractivity contribution in [3.8, 4) is 5.69 Å². The minimum atomic E-state index is -0.901. The number of amides is 2. The number of halogens is 1. The van der Waals surface area contributed by atoms with E-state index in [-0.39, 0.29) is 11.7 Å². The van der Waals surface area contributed by atoms with Crippen molar-refractivity contribution >= 4 is 29.3 Å². The zero-order chi connectivity index (χ0) is 21.0. The van der Waals surface area contributed by atoms with Crippen molar-refractivity contribution in [1.29, 1.82) is 0 Å². The van der Waals surface area contributed by atoms with E-state index in [2.05, 4.69) is 4.98 Å². The fourth-order valence-electron chi connectivity index (χ4n) is 3.43. The summed E-state index contributed by atoms with van der Waals surface area (Å²) in [5, 5.41) is 0.443. The molecule has 2 aromatic rings. The maximum atomic E-state index is 13.1. The Morgan fingerprint density at radius 3 is 2.43 bits per heavy atom. The Hall–Kier alpha value is -2.54. The summed E-state index contributed by atoms with van der Waals surface area (Å²) in [6.45, 7) is 9.13. The highest BCUT2D eigenvalue weighted by molar-refractivity contribution is 6.34. The SMILES string of the molecule is CN(C)C(=O)N1c2c(Cl)cccc2-n2cnc(C(=O)OC(C)(C)C)c2C1(C)C. The van der Waals surface area contributed by atoms with Crippen LogP contribution in [0.25, 0.3) is 5.69 Å². The van der Waals surface area contributed by atoms with Gasteiger partial charge in [0.2, 0.25) is 0 Å². The van der Waals surface area contributed by atoms with Gasteiger partial charge in [0.15, 0.2) is 5.69 Å². The van der Waals surface area contributed by atoms with Gasteiger partial charge in [-0.15, -0.1) is 0 Å². The van der Waals surface area contributed by atoms with Gasteiger partial charge in [0.25, 0.3) is 0 Å². The van der Waals surface area contributed by atoms with Crippen LogP contribution in [-0.2, 0) is 10.3 Å². The third kappa shape index (κ3) is 3.13. The van der Waals surface area contributed by atoms with E-state index < -0.39 is 17.1 Å². The molecule has 8 heteroatoms. The van der Waals surface area contributed by atoms with Gasteiger partial charge in [-0.05, 0) is 46.8 Å². The van der Waals surface area contributed by atoms with Crippen molar-refractivity contribution < 1.29 is 14.3 Å². The van der Waals surface area contributed by atoms with Crippen molar-refractivity contribution in [3.05, 3.63) is 40.9 Å². The number of hydrogen-bond acceptors (Lipinski definition) is 4. The highest BCUT2D eigenvalue weighted by Gasteiger charge is 2.46. The van der Waals surface area contributed by atoms with Crippen LogP contribution in [0.4, 0.5) is 10.5 Å². The average molecular weight is 405 g/mol. The molecule has 1 aliphatic rings. The summed E-state index contributed by atoms with van der Waals surface area (Å²) in [6, 6.07) is 5.14. The highest BCUT2D eigenvalue weighted by atomic mass is 35.5. The molecular formula is C20H25ClN4O3. The molecule has 0 atom stereocenters. The number of esters is 1. The molecule has 0 bridgehead atoms. The van der Waals surface area contributed by atoms with Crippen molar-refractivity contribution in [2.75, 3.05) is 19.0 Å². The van der Waals surface area contributed by atoms with Crippen LogP contribution < -0.4 is 4.90 Å². The van der Waals surface area contributed by atoms with Gasteiger partial charge in [0.1, 0.15) is 11.9 Å². The molecule has 2 heterocycles. The standard InChI is InChI=1S/C20H25ClN4O3/c1-19(2,3)28-17(26)14-16-20(4,5)25(18(27)23(6)7)15-12(21)9-8-10-13(15)24(16)11-22-14/h8-11H,1-7H3. The fraction of sp³-hybridized carbons (Fsp3) is 0.450. The Morgan fingerprint density at radius 2 is 1.86 bits per heavy atom. The van der Waals surface area contributed by atoms with Gasteiger partial charge in [-0.2, -0.15) is 0 Å². The maximum Gasteiger partial charge on any atom is 0.359 e. The molecule has 28 heavy (non-hydrogen) atoms. The Morgan fingerprint density at radius 1 is 1.21 bits per heavy atom. The van der Waals surface area contributed by atoms with Crippen LogP contribution in [0.2, 0.25) is 5.02 Å². The van der Waals surface area contributed by atoms with E-state index in [1.807, 2.05) is 19.9 Å². The smallest absolute Gasteiger partial charge is 0.359 e. The van der Waals surface area contributed by atoms with E-state index in [1.54, 1.807) is 62.8 Å². The molecule has 7 nitrogen and oxygen atoms in total. The van der Waals surface area contributed by atoms with Crippen LogP contribution in [0.1, 0.15) is 50.8 Å². The Balaban J connectivity index is 2.28. The zero-order valence-corrected chi connectivity index (χ0v) is 18.0. The molecule has 0 aliphatic carbocycles. The lowest BCUT2D eigenvalue weighted by molar-refractivity contribution is 0.00601. The van der Waals surface area contributed by atoms with Gasteiger partial charge in [0.05, 0.1) is 27.6 Å². The molecule has 2 amide bonds. The Bertz CT molecular complexity index is 957. The lowest BCUT2D eigenvalue weighted by Gasteiger charge is -2.45. The van der Waals surface area contributed by atoms with Crippen LogP contribution in [0, 0.1) is 0 Å². The van der Waals surface area contributed by atoms with E-state index in [9.17, 15) is 9.59 Å². The van der Waals surface area contributed by atoms with Crippen molar-refractivity contribution in [3.63, 3.8) is 0 Å². The van der Waals surface area contributed by atoms with Crippen LogP contribution in [-0.4, -0.2) is 46.1 Å². The topological polar surface area (TPSA) is 67.7 Å². The Labute approximate surface area is 169 Å². The number of imidazole rings is 1. The lowest BCUT2D eigenvalue weighted by atomic mass is 9.92. The number of aromatic nitrogens is 2. The molecule has 3 rings (SSSR count). The number of hydrogen-bond donors (Lipinski definition) is 0. The number of urea groups is 1. The normalized spacial score (nSPS) is 14.9. The average Bonchev–Trinajstić information content (AvgIpc) is 3.00. The summed E-state index contributed by atoms with van der Waals surface area (Å²) in [4.78, 5) is 33.4. The van der Waals surface area contributed by atoms with E-state index in [0.29, 0.717) is 22.1 Å². The largest absolute Gasteiger partial charge is 0.455 e. The quantitative estimate of drug-likeness (QED) is 0.667. The number of nitrogens with zero attached hydrogens (tertiary/aromatic N) is 4. The first kappa shape index (κ1) is 20.2. The molecule has 1 aliphatic heterocycles. The summed E-state index contributed by atoms with van der Waals surface area (Å²) in [5.41, 5.74) is 0.455. The van der Waals surface area contributed by atoms with E-state index >= 15 is 0 Å². The first-order valence-corrected chi connectivity index (χ1v) is 9.35. The van der Waals surface area contributed by atoms with Gasteiger partial charge in [-0.25, -0.2) is 14.6 Å². The lowest BCUT2D eigenvalue weighted by Crippen LogP contribution is -2.53. The van der Waals surface area contributed by atoms with Gasteiger partial charge in [-0.3, -0.25) is 9.47 Å². The molecule has 0 saturated heterocycles. The molecule has 0 N–H and O–H groups in total. The molecule has 150 valence electrons. The number of anilines is 1. The summed E-state index contributed by atoms with van der Waals surface area (Å²) in [7, 11) is 3.35. The van der Waals surface area contributed by atoms with Crippen LogP contribution in [0.5, 0.6) is 0 Å². The first-order chi connectivity index (χ1) is 12.9. The maximum absolute atomic E-state index is 13.1. The molecule has 1 aromatic carbocycles. The minimum Gasteiger partial charge on any atom is -0.455 e. The van der Waals surface area contributed by atoms with Crippen molar-refractivity contribution in [2.45, 2.75) is 45.8 Å². The van der Waals surface area contributed by atoms with E-state index in [0.717, 1.165) is 0 Å². The second kappa shape index (κ2) is 6.51. The fourth-order valence-corrected chi connectivity index (χ4v) is 3.69. The van der Waals surface area contributed by atoms with E-state index in [1.165, 1.54) is 4.90 Å². The second-order valence-corrected chi connectivity index (χ2v) is 8.90. The van der Waals surface area contributed by atoms with E-state index in [4.69, 9.17) is 16.3 Å². The van der Waals surface area contributed by atoms with Gasteiger partial charge >= 0.3 is 12.0 Å². The predicted molar refractivity (Wildman–Crippen MR) is 108 cm³/mol. The number of benzene rings is 1. The monoisotopic (exact) mass is 404 g/mol. The molecule has 0 unspecified atom stereocenters. The van der Waals surface area contributed by atoms with Crippen LogP contribution >= 0.6 is 11.6 Å². The summed E-state index contributed by atoms with van der Waals surface area (Å²) in [5.74, 6) is -0.531. The molecule has 0 fully saturated rings. The number of fused-ring (bicyclic) bond motifs is 3. The van der Waals surface area contributed by atoms with Crippen molar-refractivity contribution in [2.24, 2.45) is 0 Å². The number of carbonyl (C=O) groups is 2. The summed E-state index contributed by atoms with van der Waals surface area (Å²) in [6.07, 6.45) is 1.57. The predicted octanol–water partition coefficient (Wildman–Crippen LogP) is 4.22. The van der Waals surface area contributed by atoms with Crippen LogP contribution in [0.15, 0.2) is 24.5 Å². The minimum absolute atomic E-state index is 0.183. The number of para-hydroxylation sites is 1. The van der Waals surface area contributed by atoms with Gasteiger partial charge < -0.3 is 9.64 Å². The zero-order valence-electron chi connectivity index (χ0n) is 17.2. The second-order valence-electron chi connectivity index (χ2n) is 8.49. The third-order valence-corrected chi connectivity index (χ3v) is 4.83. The van der Waals surface area contributed by atoms with Gasteiger partial charge in [0, 0.05) is 14.1 Å². The summed E-state index contributed by atoms with van der Waals surface area (Å²) < 4.78 is 7.35. The molecule has 0 radical (unpaired) electrons. The Kier molecular flexibility index (Phi) is 4.70. The van der Waals surface area contributed by atoms with Crippen LogP contribution in [0.3, 0.4) is 0 Å². The molecule has 0 spiro atoms. The van der Waals surface area contributed by atoms with Crippen molar-refractivity contribution in [1.82, 2.24) is 14.5 Å². The number of rotatable bonds is 1. The summed E-state index contributed by atoms with van der Waals surface area (Å²) >= 11 is 6.50.